The first kappa shape index (κ1) is 20.0. The highest BCUT2D eigenvalue weighted by Gasteiger charge is 2.33. The molecule has 0 spiro atoms. The van der Waals surface area contributed by atoms with Gasteiger partial charge in [0.1, 0.15) is 0 Å². The summed E-state index contributed by atoms with van der Waals surface area (Å²) >= 11 is 0. The number of nitrogens with zero attached hydrogens (tertiary/aromatic N) is 2. The molecule has 0 saturated heterocycles. The van der Waals surface area contributed by atoms with Crippen LogP contribution < -0.4 is 0 Å². The molecule has 1 rings (SSSR count). The molecule has 0 aliphatic heterocycles. The van der Waals surface area contributed by atoms with Gasteiger partial charge in [-0.1, -0.05) is 58.0 Å². The monoisotopic (exact) mass is 308 g/mol. The summed E-state index contributed by atoms with van der Waals surface area (Å²) in [5, 5.41) is 9.87. The van der Waals surface area contributed by atoms with Crippen LogP contribution in [0.1, 0.15) is 46.1 Å². The Morgan fingerprint density at radius 3 is 2.14 bits per heavy atom. The molecule has 1 aromatic rings. The minimum absolute atomic E-state index is 0. The maximum atomic E-state index is 9.87. The maximum Gasteiger partial charge on any atom is 0.0837 e. The van der Waals surface area contributed by atoms with Crippen molar-refractivity contribution in [2.45, 2.75) is 46.0 Å². The second kappa shape index (κ2) is 9.82. The second-order valence-corrected chi connectivity index (χ2v) is 5.93. The Kier molecular flexibility index (Phi) is 9.33. The van der Waals surface area contributed by atoms with Crippen LogP contribution in [0.2, 0.25) is 0 Å². The zero-order chi connectivity index (χ0) is 15.0. The lowest BCUT2D eigenvalue weighted by Crippen LogP contribution is -2.33. The van der Waals surface area contributed by atoms with E-state index in [1.54, 1.807) is 0 Å². The first-order valence-electron chi connectivity index (χ1n) is 7.77. The molecule has 1 unspecified atom stereocenters. The van der Waals surface area contributed by atoms with Crippen molar-refractivity contribution in [1.29, 1.82) is 5.26 Å². The molecule has 0 aromatic heterocycles. The molecule has 1 aromatic carbocycles. The molecule has 0 fully saturated rings. The molecule has 0 radical (unpaired) electrons. The molecule has 0 amide bonds. The van der Waals surface area contributed by atoms with Gasteiger partial charge in [0.25, 0.3) is 0 Å². The highest BCUT2D eigenvalue weighted by molar-refractivity contribution is 5.85. The molecule has 2 nitrogen and oxygen atoms in total. The number of hydrogen-bond donors (Lipinski definition) is 0. The Morgan fingerprint density at radius 1 is 1.14 bits per heavy atom. The van der Waals surface area contributed by atoms with E-state index < -0.39 is 0 Å². The zero-order valence-electron chi connectivity index (χ0n) is 13.8. The SMILES string of the molecule is CCN(CC)CCC(C#N)(CC(C)C)c1ccccc1.Cl. The van der Waals surface area contributed by atoms with E-state index in [1.165, 1.54) is 5.56 Å². The molecule has 0 N–H and O–H groups in total. The van der Waals surface area contributed by atoms with Gasteiger partial charge in [0.2, 0.25) is 0 Å². The highest BCUT2D eigenvalue weighted by atomic mass is 35.5. The van der Waals surface area contributed by atoms with E-state index in [9.17, 15) is 5.26 Å². The van der Waals surface area contributed by atoms with Crippen LogP contribution in [0.15, 0.2) is 30.3 Å². The molecule has 118 valence electrons. The smallest absolute Gasteiger partial charge is 0.0837 e. The van der Waals surface area contributed by atoms with Gasteiger partial charge in [-0.3, -0.25) is 0 Å². The zero-order valence-corrected chi connectivity index (χ0v) is 14.6. The minimum atomic E-state index is -0.349. The van der Waals surface area contributed by atoms with Gasteiger partial charge in [-0.25, -0.2) is 0 Å². The van der Waals surface area contributed by atoms with Crippen LogP contribution in [0.4, 0.5) is 0 Å². The Bertz CT molecular complexity index is 421. The fourth-order valence-electron chi connectivity index (χ4n) is 2.87. The lowest BCUT2D eigenvalue weighted by molar-refractivity contribution is 0.263. The number of nitriles is 1. The van der Waals surface area contributed by atoms with Gasteiger partial charge in [-0.15, -0.1) is 12.4 Å². The van der Waals surface area contributed by atoms with Crippen molar-refractivity contribution in [3.05, 3.63) is 35.9 Å². The maximum absolute atomic E-state index is 9.87. The molecule has 21 heavy (non-hydrogen) atoms. The van der Waals surface area contributed by atoms with Gasteiger partial charge < -0.3 is 4.90 Å². The van der Waals surface area contributed by atoms with Crippen molar-refractivity contribution in [1.82, 2.24) is 4.90 Å². The van der Waals surface area contributed by atoms with E-state index in [0.29, 0.717) is 5.92 Å². The van der Waals surface area contributed by atoms with E-state index in [-0.39, 0.29) is 17.8 Å². The Labute approximate surface area is 136 Å². The van der Waals surface area contributed by atoms with Crippen LogP contribution in [-0.2, 0) is 5.41 Å². The summed E-state index contributed by atoms with van der Waals surface area (Å²) in [6.07, 6.45) is 1.84. The summed E-state index contributed by atoms with van der Waals surface area (Å²) in [5.74, 6) is 0.520. The highest BCUT2D eigenvalue weighted by Crippen LogP contribution is 2.34. The number of halogens is 1. The standard InChI is InChI=1S/C18H28N2.ClH/c1-5-20(6-2)13-12-18(15-19,14-16(3)4)17-10-8-7-9-11-17;/h7-11,16H,5-6,12-14H2,1-4H3;1H. The average molecular weight is 309 g/mol. The minimum Gasteiger partial charge on any atom is -0.304 e. The van der Waals surface area contributed by atoms with Crippen LogP contribution in [0, 0.1) is 17.2 Å². The van der Waals surface area contributed by atoms with E-state index in [2.05, 4.69) is 50.8 Å². The summed E-state index contributed by atoms with van der Waals surface area (Å²) in [4.78, 5) is 2.40. The lowest BCUT2D eigenvalue weighted by atomic mass is 9.73. The van der Waals surface area contributed by atoms with Crippen molar-refractivity contribution in [2.24, 2.45) is 5.92 Å². The summed E-state index contributed by atoms with van der Waals surface area (Å²) in [5.41, 5.74) is 0.821. The van der Waals surface area contributed by atoms with Crippen LogP contribution in [0.5, 0.6) is 0 Å². The van der Waals surface area contributed by atoms with Crippen molar-refractivity contribution in [3.63, 3.8) is 0 Å². The van der Waals surface area contributed by atoms with Gasteiger partial charge >= 0.3 is 0 Å². The Balaban J connectivity index is 0.00000400. The molecule has 1 atom stereocenters. The summed E-state index contributed by atoms with van der Waals surface area (Å²) in [6, 6.07) is 13.0. The normalized spacial score (nSPS) is 13.6. The van der Waals surface area contributed by atoms with E-state index in [4.69, 9.17) is 0 Å². The van der Waals surface area contributed by atoms with Gasteiger partial charge in [0.05, 0.1) is 11.5 Å². The van der Waals surface area contributed by atoms with Crippen molar-refractivity contribution < 1.29 is 0 Å². The molecule has 0 saturated carbocycles. The number of hydrogen-bond acceptors (Lipinski definition) is 2. The van der Waals surface area contributed by atoms with Crippen molar-refractivity contribution >= 4 is 12.4 Å². The molecule has 0 heterocycles. The first-order chi connectivity index (χ1) is 9.57. The molecule has 0 aliphatic carbocycles. The fourth-order valence-corrected chi connectivity index (χ4v) is 2.87. The number of benzene rings is 1. The summed E-state index contributed by atoms with van der Waals surface area (Å²) in [6.45, 7) is 11.9. The molecular weight excluding hydrogens is 280 g/mol. The van der Waals surface area contributed by atoms with E-state index in [1.807, 2.05) is 18.2 Å². The van der Waals surface area contributed by atoms with Crippen LogP contribution in [0.3, 0.4) is 0 Å². The predicted octanol–water partition coefficient (Wildman–Crippen LogP) is 4.65. The largest absolute Gasteiger partial charge is 0.304 e. The summed E-state index contributed by atoms with van der Waals surface area (Å²) < 4.78 is 0. The predicted molar refractivity (Wildman–Crippen MR) is 92.8 cm³/mol. The first-order valence-corrected chi connectivity index (χ1v) is 7.77. The second-order valence-electron chi connectivity index (χ2n) is 5.93. The molecular formula is C18H29ClN2. The average Bonchev–Trinajstić information content (AvgIpc) is 2.47. The van der Waals surface area contributed by atoms with Crippen LogP contribution in [-0.4, -0.2) is 24.5 Å². The topological polar surface area (TPSA) is 27.0 Å². The van der Waals surface area contributed by atoms with Gasteiger partial charge in [0, 0.05) is 0 Å². The van der Waals surface area contributed by atoms with Gasteiger partial charge in [-0.2, -0.15) is 5.26 Å². The van der Waals surface area contributed by atoms with Crippen molar-refractivity contribution in [2.75, 3.05) is 19.6 Å². The van der Waals surface area contributed by atoms with Gasteiger partial charge in [-0.05, 0) is 44.0 Å². The third kappa shape index (κ3) is 5.69. The summed E-state index contributed by atoms with van der Waals surface area (Å²) in [7, 11) is 0. The Morgan fingerprint density at radius 2 is 1.71 bits per heavy atom. The van der Waals surface area contributed by atoms with Gasteiger partial charge in [0.15, 0.2) is 0 Å². The quantitative estimate of drug-likeness (QED) is 0.699. The van der Waals surface area contributed by atoms with Crippen LogP contribution >= 0.6 is 12.4 Å². The molecule has 0 aliphatic rings. The fraction of sp³-hybridized carbons (Fsp3) is 0.611. The Hall–Kier alpha value is -1.04. The third-order valence-corrected chi connectivity index (χ3v) is 4.05. The van der Waals surface area contributed by atoms with E-state index >= 15 is 0 Å². The molecule has 0 bridgehead atoms. The van der Waals surface area contributed by atoms with Crippen molar-refractivity contribution in [3.8, 4) is 6.07 Å². The lowest BCUT2D eigenvalue weighted by Gasteiger charge is -2.31. The molecule has 3 heteroatoms. The third-order valence-electron chi connectivity index (χ3n) is 4.05. The van der Waals surface area contributed by atoms with E-state index in [0.717, 1.165) is 32.5 Å². The van der Waals surface area contributed by atoms with Crippen LogP contribution in [0.25, 0.3) is 0 Å². The number of rotatable bonds is 8.